The third-order valence-corrected chi connectivity index (χ3v) is 0.906. The summed E-state index contributed by atoms with van der Waals surface area (Å²) < 4.78 is 12.4. The Hall–Kier alpha value is -1.30. The van der Waals surface area contributed by atoms with Gasteiger partial charge in [0.2, 0.25) is 6.17 Å². The fourth-order valence-electron chi connectivity index (χ4n) is 0.495. The van der Waals surface area contributed by atoms with E-state index in [0.717, 1.165) is 0 Å². The highest BCUT2D eigenvalue weighted by Crippen LogP contribution is 2.08. The lowest BCUT2D eigenvalue weighted by Crippen LogP contribution is -1.88. The van der Waals surface area contributed by atoms with Gasteiger partial charge >= 0.3 is 0 Å². The van der Waals surface area contributed by atoms with Gasteiger partial charge in [0, 0.05) is 12.4 Å². The largest absolute Gasteiger partial charge is 0.345 e. The molecule has 0 aliphatic carbocycles. The zero-order chi connectivity index (χ0) is 6.69. The standard InChI is InChI=1S/C6H5FN2/c1-2-5(7)6-8-3-4-9-6/h1,3-5H,(H,8,9). The van der Waals surface area contributed by atoms with E-state index in [9.17, 15) is 4.39 Å². The number of halogens is 1. The molecule has 46 valence electrons. The monoisotopic (exact) mass is 124 g/mol. The van der Waals surface area contributed by atoms with E-state index < -0.39 is 6.17 Å². The van der Waals surface area contributed by atoms with Gasteiger partial charge in [0.15, 0.2) is 5.82 Å². The van der Waals surface area contributed by atoms with E-state index in [1.807, 2.05) is 5.92 Å². The molecule has 0 spiro atoms. The molecule has 0 fully saturated rings. The highest BCUT2D eigenvalue weighted by molar-refractivity contribution is 5.06. The van der Waals surface area contributed by atoms with Gasteiger partial charge in [0.1, 0.15) is 0 Å². The third-order valence-electron chi connectivity index (χ3n) is 0.906. The van der Waals surface area contributed by atoms with Crippen LogP contribution in [0.4, 0.5) is 4.39 Å². The number of imidazole rings is 1. The molecule has 0 bridgehead atoms. The Kier molecular flexibility index (Phi) is 1.50. The lowest BCUT2D eigenvalue weighted by atomic mass is 10.4. The molecule has 9 heavy (non-hydrogen) atoms. The maximum absolute atomic E-state index is 12.4. The Morgan fingerprint density at radius 2 is 2.67 bits per heavy atom. The van der Waals surface area contributed by atoms with Gasteiger partial charge in [-0.3, -0.25) is 0 Å². The van der Waals surface area contributed by atoms with Crippen LogP contribution in [-0.2, 0) is 0 Å². The van der Waals surface area contributed by atoms with Crippen LogP contribution in [0, 0.1) is 12.3 Å². The number of hydrogen-bond acceptors (Lipinski definition) is 1. The summed E-state index contributed by atoms with van der Waals surface area (Å²) in [5.74, 6) is 2.10. The summed E-state index contributed by atoms with van der Waals surface area (Å²) in [7, 11) is 0. The normalized spacial score (nSPS) is 12.4. The van der Waals surface area contributed by atoms with Crippen LogP contribution < -0.4 is 0 Å². The van der Waals surface area contributed by atoms with E-state index in [-0.39, 0.29) is 5.82 Å². The predicted molar refractivity (Wildman–Crippen MR) is 31.3 cm³/mol. The number of hydrogen-bond donors (Lipinski definition) is 1. The average Bonchev–Trinajstić information content (AvgIpc) is 2.37. The van der Waals surface area contributed by atoms with Gasteiger partial charge < -0.3 is 4.98 Å². The molecule has 1 heterocycles. The van der Waals surface area contributed by atoms with Gasteiger partial charge in [-0.05, 0) is 0 Å². The first kappa shape index (κ1) is 5.83. The molecule has 0 aromatic carbocycles. The van der Waals surface area contributed by atoms with E-state index in [4.69, 9.17) is 6.42 Å². The van der Waals surface area contributed by atoms with Gasteiger partial charge in [-0.2, -0.15) is 0 Å². The topological polar surface area (TPSA) is 28.7 Å². The maximum atomic E-state index is 12.4. The minimum absolute atomic E-state index is 0.192. The van der Waals surface area contributed by atoms with Crippen molar-refractivity contribution in [2.45, 2.75) is 6.17 Å². The minimum atomic E-state index is -1.40. The quantitative estimate of drug-likeness (QED) is 0.557. The zero-order valence-corrected chi connectivity index (χ0v) is 4.63. The van der Waals surface area contributed by atoms with E-state index in [1.54, 1.807) is 0 Å². The molecular weight excluding hydrogens is 119 g/mol. The smallest absolute Gasteiger partial charge is 0.217 e. The summed E-state index contributed by atoms with van der Waals surface area (Å²) in [6, 6.07) is 0. The molecule has 1 unspecified atom stereocenters. The van der Waals surface area contributed by atoms with E-state index in [1.165, 1.54) is 12.4 Å². The first-order chi connectivity index (χ1) is 4.34. The molecule has 0 amide bonds. The Labute approximate surface area is 52.1 Å². The van der Waals surface area contributed by atoms with Crippen LogP contribution in [0.25, 0.3) is 0 Å². The summed E-state index contributed by atoms with van der Waals surface area (Å²) >= 11 is 0. The second kappa shape index (κ2) is 2.31. The molecular formula is C6H5FN2. The van der Waals surface area contributed by atoms with Gasteiger partial charge in [0.25, 0.3) is 0 Å². The van der Waals surface area contributed by atoms with Crippen molar-refractivity contribution in [2.75, 3.05) is 0 Å². The average molecular weight is 124 g/mol. The summed E-state index contributed by atoms with van der Waals surface area (Å²) in [6.45, 7) is 0. The second-order valence-electron chi connectivity index (χ2n) is 1.50. The molecule has 1 atom stereocenters. The number of nitrogens with zero attached hydrogens (tertiary/aromatic N) is 1. The minimum Gasteiger partial charge on any atom is -0.345 e. The Bertz CT molecular complexity index is 209. The van der Waals surface area contributed by atoms with Crippen LogP contribution in [-0.4, -0.2) is 9.97 Å². The number of rotatable bonds is 1. The maximum Gasteiger partial charge on any atom is 0.217 e. The SMILES string of the molecule is C#CC(F)c1ncc[nH]1. The van der Waals surface area contributed by atoms with Crippen LogP contribution in [0.15, 0.2) is 12.4 Å². The van der Waals surface area contributed by atoms with Crippen molar-refractivity contribution >= 4 is 0 Å². The number of terminal acetylenes is 1. The second-order valence-corrected chi connectivity index (χ2v) is 1.50. The third kappa shape index (κ3) is 1.08. The van der Waals surface area contributed by atoms with Crippen molar-refractivity contribution in [1.82, 2.24) is 9.97 Å². The zero-order valence-electron chi connectivity index (χ0n) is 4.63. The molecule has 0 radical (unpaired) electrons. The van der Waals surface area contributed by atoms with E-state index in [0.29, 0.717) is 0 Å². The molecule has 0 saturated heterocycles. The van der Waals surface area contributed by atoms with E-state index >= 15 is 0 Å². The van der Waals surface area contributed by atoms with Crippen LogP contribution in [0.5, 0.6) is 0 Å². The molecule has 0 saturated carbocycles. The number of alkyl halides is 1. The van der Waals surface area contributed by atoms with Crippen molar-refractivity contribution < 1.29 is 4.39 Å². The first-order valence-electron chi connectivity index (χ1n) is 2.44. The van der Waals surface area contributed by atoms with E-state index in [2.05, 4.69) is 9.97 Å². The molecule has 1 rings (SSSR count). The van der Waals surface area contributed by atoms with Crippen molar-refractivity contribution in [3.05, 3.63) is 18.2 Å². The Morgan fingerprint density at radius 1 is 1.89 bits per heavy atom. The summed E-state index contributed by atoms with van der Waals surface area (Å²) in [6.07, 6.45) is 6.36. The number of aromatic amines is 1. The summed E-state index contributed by atoms with van der Waals surface area (Å²) in [5.41, 5.74) is 0. The van der Waals surface area contributed by atoms with Crippen LogP contribution >= 0.6 is 0 Å². The van der Waals surface area contributed by atoms with Crippen molar-refractivity contribution in [3.63, 3.8) is 0 Å². The highest BCUT2D eigenvalue weighted by Gasteiger charge is 2.05. The van der Waals surface area contributed by atoms with Crippen molar-refractivity contribution in [1.29, 1.82) is 0 Å². The van der Waals surface area contributed by atoms with Crippen LogP contribution in [0.2, 0.25) is 0 Å². The lowest BCUT2D eigenvalue weighted by Gasteiger charge is -1.90. The molecule has 1 aromatic rings. The fourth-order valence-corrected chi connectivity index (χ4v) is 0.495. The van der Waals surface area contributed by atoms with Crippen LogP contribution in [0.1, 0.15) is 12.0 Å². The molecule has 1 aromatic heterocycles. The molecule has 2 nitrogen and oxygen atoms in total. The molecule has 0 aliphatic heterocycles. The van der Waals surface area contributed by atoms with Crippen LogP contribution in [0.3, 0.4) is 0 Å². The van der Waals surface area contributed by atoms with Crippen molar-refractivity contribution in [2.24, 2.45) is 0 Å². The number of H-pyrrole nitrogens is 1. The number of aromatic nitrogens is 2. The Morgan fingerprint density at radius 3 is 3.11 bits per heavy atom. The van der Waals surface area contributed by atoms with Gasteiger partial charge in [-0.1, -0.05) is 5.92 Å². The first-order valence-corrected chi connectivity index (χ1v) is 2.44. The fraction of sp³-hybridized carbons (Fsp3) is 0.167. The highest BCUT2D eigenvalue weighted by atomic mass is 19.1. The van der Waals surface area contributed by atoms with Gasteiger partial charge in [-0.15, -0.1) is 6.42 Å². The summed E-state index contributed by atoms with van der Waals surface area (Å²) in [4.78, 5) is 6.17. The predicted octanol–water partition coefficient (Wildman–Crippen LogP) is 1.05. The molecule has 0 aliphatic rings. The number of nitrogens with one attached hydrogen (secondary N) is 1. The molecule has 1 N–H and O–H groups in total. The molecule has 3 heteroatoms. The van der Waals surface area contributed by atoms with Gasteiger partial charge in [0.05, 0.1) is 0 Å². The van der Waals surface area contributed by atoms with Gasteiger partial charge in [-0.25, -0.2) is 9.37 Å². The lowest BCUT2D eigenvalue weighted by molar-refractivity contribution is 0.412. The summed E-state index contributed by atoms with van der Waals surface area (Å²) in [5, 5.41) is 0. The Balaban J connectivity index is 2.80. The van der Waals surface area contributed by atoms with Crippen molar-refractivity contribution in [3.8, 4) is 12.3 Å².